The van der Waals surface area contributed by atoms with Crippen LogP contribution in [0.1, 0.15) is 32.6 Å². The Hall–Kier alpha value is -1.22. The van der Waals surface area contributed by atoms with Crippen LogP contribution in [0.4, 0.5) is 5.69 Å². The van der Waals surface area contributed by atoms with Gasteiger partial charge in [-0.25, -0.2) is 0 Å². The predicted molar refractivity (Wildman–Crippen MR) is 81.1 cm³/mol. The van der Waals surface area contributed by atoms with Gasteiger partial charge in [-0.3, -0.25) is 0 Å². The highest BCUT2D eigenvalue weighted by atomic mass is 16.5. The van der Waals surface area contributed by atoms with Gasteiger partial charge >= 0.3 is 0 Å². The lowest BCUT2D eigenvalue weighted by Crippen LogP contribution is -2.49. The molecular formula is C16H26N2O. The lowest BCUT2D eigenvalue weighted by Gasteiger charge is -2.35. The van der Waals surface area contributed by atoms with Crippen molar-refractivity contribution in [2.24, 2.45) is 0 Å². The molecule has 1 unspecified atom stereocenters. The molecule has 1 heterocycles. The maximum Gasteiger partial charge on any atom is 0.119 e. The van der Waals surface area contributed by atoms with E-state index in [0.717, 1.165) is 18.8 Å². The van der Waals surface area contributed by atoms with Crippen LogP contribution < -0.4 is 15.0 Å². The van der Waals surface area contributed by atoms with Crippen LogP contribution in [0.25, 0.3) is 0 Å². The molecular weight excluding hydrogens is 236 g/mol. The molecule has 3 nitrogen and oxygen atoms in total. The zero-order chi connectivity index (χ0) is 13.7. The number of ether oxygens (including phenoxy) is 1. The average Bonchev–Trinajstić information content (AvgIpc) is 2.87. The van der Waals surface area contributed by atoms with Gasteiger partial charge in [0.1, 0.15) is 5.75 Å². The molecule has 3 heteroatoms. The number of anilines is 1. The second-order valence-electron chi connectivity index (χ2n) is 5.61. The molecule has 19 heavy (non-hydrogen) atoms. The van der Waals surface area contributed by atoms with Crippen LogP contribution in [-0.2, 0) is 0 Å². The quantitative estimate of drug-likeness (QED) is 0.853. The van der Waals surface area contributed by atoms with Crippen molar-refractivity contribution in [2.75, 3.05) is 32.1 Å². The van der Waals surface area contributed by atoms with Gasteiger partial charge in [-0.15, -0.1) is 0 Å². The van der Waals surface area contributed by atoms with Gasteiger partial charge in [0.25, 0.3) is 0 Å². The van der Waals surface area contributed by atoms with Crippen molar-refractivity contribution < 1.29 is 4.74 Å². The third-order valence-corrected chi connectivity index (χ3v) is 4.11. The van der Waals surface area contributed by atoms with Gasteiger partial charge in [0.2, 0.25) is 0 Å². The fourth-order valence-corrected chi connectivity index (χ4v) is 3.16. The van der Waals surface area contributed by atoms with E-state index in [4.69, 9.17) is 4.74 Å². The number of nitrogens with one attached hydrogen (secondary N) is 1. The van der Waals surface area contributed by atoms with Crippen LogP contribution in [0.5, 0.6) is 5.75 Å². The first-order valence-electron chi connectivity index (χ1n) is 7.29. The number of hydrogen-bond donors (Lipinski definition) is 1. The molecule has 1 aliphatic heterocycles. The molecule has 0 spiro atoms. The lowest BCUT2D eigenvalue weighted by molar-refractivity contribution is 0.349. The number of benzene rings is 1. The smallest absolute Gasteiger partial charge is 0.119 e. The van der Waals surface area contributed by atoms with E-state index in [1.807, 2.05) is 12.1 Å². The van der Waals surface area contributed by atoms with E-state index in [1.165, 1.54) is 31.4 Å². The number of likely N-dealkylation sites (N-methyl/N-ethyl adjacent to an activating group) is 1. The maximum absolute atomic E-state index is 5.21. The number of hydrogen-bond acceptors (Lipinski definition) is 3. The Bertz CT molecular complexity index is 382. The summed E-state index contributed by atoms with van der Waals surface area (Å²) < 4.78 is 5.21. The van der Waals surface area contributed by atoms with Crippen molar-refractivity contribution in [1.82, 2.24) is 5.32 Å². The van der Waals surface area contributed by atoms with Crippen molar-refractivity contribution in [3.05, 3.63) is 24.3 Å². The first kappa shape index (κ1) is 14.2. The van der Waals surface area contributed by atoms with E-state index >= 15 is 0 Å². The fourth-order valence-electron chi connectivity index (χ4n) is 3.16. The highest BCUT2D eigenvalue weighted by Gasteiger charge is 2.33. The molecule has 1 aromatic rings. The van der Waals surface area contributed by atoms with Gasteiger partial charge < -0.3 is 15.0 Å². The molecule has 1 aromatic carbocycles. The van der Waals surface area contributed by atoms with Gasteiger partial charge in [-0.05, 0) is 50.1 Å². The summed E-state index contributed by atoms with van der Waals surface area (Å²) in [5, 5.41) is 3.73. The molecule has 106 valence electrons. The minimum absolute atomic E-state index is 0.309. The Morgan fingerprint density at radius 3 is 2.58 bits per heavy atom. The molecule has 0 radical (unpaired) electrons. The molecule has 0 bridgehead atoms. The summed E-state index contributed by atoms with van der Waals surface area (Å²) in [4.78, 5) is 2.35. The van der Waals surface area contributed by atoms with E-state index in [-0.39, 0.29) is 0 Å². The van der Waals surface area contributed by atoms with Crippen LogP contribution >= 0.6 is 0 Å². The molecule has 2 rings (SSSR count). The van der Waals surface area contributed by atoms with Gasteiger partial charge in [0, 0.05) is 24.8 Å². The highest BCUT2D eigenvalue weighted by Crippen LogP contribution is 2.28. The van der Waals surface area contributed by atoms with Crippen LogP contribution in [0, 0.1) is 0 Å². The van der Waals surface area contributed by atoms with Crippen molar-refractivity contribution in [3.63, 3.8) is 0 Å². The van der Waals surface area contributed by atoms with Crippen LogP contribution in [0.3, 0.4) is 0 Å². The Morgan fingerprint density at radius 1 is 1.32 bits per heavy atom. The van der Waals surface area contributed by atoms with Gasteiger partial charge in [0.15, 0.2) is 0 Å². The summed E-state index contributed by atoms with van der Waals surface area (Å²) in [6, 6.07) is 8.32. The van der Waals surface area contributed by atoms with Crippen molar-refractivity contribution in [1.29, 1.82) is 0 Å². The largest absolute Gasteiger partial charge is 0.497 e. The SMILES string of the molecule is CCCC1(CN(C)c2ccc(OC)cc2)CCCN1. The fraction of sp³-hybridized carbons (Fsp3) is 0.625. The second-order valence-corrected chi connectivity index (χ2v) is 5.61. The third-order valence-electron chi connectivity index (χ3n) is 4.11. The predicted octanol–water partition coefficient (Wildman–Crippen LogP) is 3.05. The van der Waals surface area contributed by atoms with E-state index in [1.54, 1.807) is 7.11 Å². The van der Waals surface area contributed by atoms with Crippen LogP contribution in [-0.4, -0.2) is 32.8 Å². The molecule has 0 amide bonds. The van der Waals surface area contributed by atoms with Gasteiger partial charge in [0.05, 0.1) is 7.11 Å². The van der Waals surface area contributed by atoms with Crippen LogP contribution in [0.15, 0.2) is 24.3 Å². The standard InChI is InChI=1S/C16H26N2O/c1-4-10-16(11-5-12-17-16)13-18(2)14-6-8-15(19-3)9-7-14/h6-9,17H,4-5,10-13H2,1-3H3. The third kappa shape index (κ3) is 3.41. The van der Waals surface area contributed by atoms with E-state index in [0.29, 0.717) is 5.54 Å². The summed E-state index contributed by atoms with van der Waals surface area (Å²) in [5.41, 5.74) is 1.56. The van der Waals surface area contributed by atoms with E-state index in [2.05, 4.69) is 36.3 Å². The molecule has 1 saturated heterocycles. The molecule has 1 N–H and O–H groups in total. The molecule has 0 saturated carbocycles. The number of rotatable bonds is 6. The average molecular weight is 262 g/mol. The van der Waals surface area contributed by atoms with Crippen molar-refractivity contribution in [2.45, 2.75) is 38.1 Å². The first-order valence-corrected chi connectivity index (χ1v) is 7.29. The van der Waals surface area contributed by atoms with E-state index < -0.39 is 0 Å². The molecule has 0 aromatic heterocycles. The van der Waals surface area contributed by atoms with Gasteiger partial charge in [-0.1, -0.05) is 13.3 Å². The Morgan fingerprint density at radius 2 is 2.05 bits per heavy atom. The topological polar surface area (TPSA) is 24.5 Å². The summed E-state index contributed by atoms with van der Waals surface area (Å²) in [7, 11) is 3.89. The van der Waals surface area contributed by atoms with Crippen molar-refractivity contribution in [3.8, 4) is 5.75 Å². The zero-order valence-corrected chi connectivity index (χ0v) is 12.4. The van der Waals surface area contributed by atoms with Gasteiger partial charge in [-0.2, -0.15) is 0 Å². The summed E-state index contributed by atoms with van der Waals surface area (Å²) in [5.74, 6) is 0.916. The Balaban J connectivity index is 2.03. The molecule has 1 atom stereocenters. The molecule has 0 aliphatic carbocycles. The first-order chi connectivity index (χ1) is 9.19. The zero-order valence-electron chi connectivity index (χ0n) is 12.4. The second kappa shape index (κ2) is 6.29. The summed E-state index contributed by atoms with van der Waals surface area (Å²) in [6.07, 6.45) is 5.09. The van der Waals surface area contributed by atoms with E-state index in [9.17, 15) is 0 Å². The summed E-state index contributed by atoms with van der Waals surface area (Å²) >= 11 is 0. The monoisotopic (exact) mass is 262 g/mol. The molecule has 1 aliphatic rings. The normalized spacial score (nSPS) is 22.5. The maximum atomic E-state index is 5.21. The highest BCUT2D eigenvalue weighted by molar-refractivity contribution is 5.48. The molecule has 1 fully saturated rings. The Labute approximate surface area is 116 Å². The summed E-state index contributed by atoms with van der Waals surface area (Å²) in [6.45, 7) is 4.51. The van der Waals surface area contributed by atoms with Crippen LogP contribution in [0.2, 0.25) is 0 Å². The Kier molecular flexibility index (Phi) is 4.70. The number of nitrogens with zero attached hydrogens (tertiary/aromatic N) is 1. The minimum atomic E-state index is 0.309. The van der Waals surface area contributed by atoms with Crippen molar-refractivity contribution >= 4 is 5.69 Å². The minimum Gasteiger partial charge on any atom is -0.497 e. The number of methoxy groups -OCH3 is 1. The lowest BCUT2D eigenvalue weighted by atomic mass is 9.91.